The summed E-state index contributed by atoms with van der Waals surface area (Å²) in [6.07, 6.45) is -4.51. The van der Waals surface area contributed by atoms with Crippen LogP contribution in [0.4, 0.5) is 23.2 Å². The molecule has 0 radical (unpaired) electrons. The van der Waals surface area contributed by atoms with Crippen LogP contribution in [0.3, 0.4) is 0 Å². The third kappa shape index (κ3) is 4.11. The van der Waals surface area contributed by atoms with Gasteiger partial charge in [-0.15, -0.1) is 0 Å². The number of hydrogen-bond donors (Lipinski definition) is 1. The zero-order chi connectivity index (χ0) is 15.6. The maximum absolute atomic E-state index is 13.6. The van der Waals surface area contributed by atoms with E-state index in [-0.39, 0.29) is 12.2 Å². The van der Waals surface area contributed by atoms with Crippen molar-refractivity contribution in [1.29, 1.82) is 0 Å². The maximum atomic E-state index is 13.6. The van der Waals surface area contributed by atoms with Crippen molar-refractivity contribution in [1.82, 2.24) is 0 Å². The molecule has 112 valence electrons. The van der Waals surface area contributed by atoms with Gasteiger partial charge in [0.1, 0.15) is 5.82 Å². The average Bonchev–Trinajstić information content (AvgIpc) is 2.38. The minimum Gasteiger partial charge on any atom is -0.379 e. The van der Waals surface area contributed by atoms with Crippen LogP contribution in [-0.4, -0.2) is 0 Å². The number of alkyl halides is 3. The third-order valence-corrected chi connectivity index (χ3v) is 3.62. The summed E-state index contributed by atoms with van der Waals surface area (Å²) in [5.41, 5.74) is -0.478. The van der Waals surface area contributed by atoms with Gasteiger partial charge in [-0.25, -0.2) is 4.39 Å². The standard InChI is InChI=1S/C14H9BrClF4N/c15-10-3-1-8(11(16)6-10)7-21-13-5-9(14(18,19)20)2-4-12(13)17/h1-6,21H,7H2. The van der Waals surface area contributed by atoms with Gasteiger partial charge in [0.05, 0.1) is 11.3 Å². The average molecular weight is 383 g/mol. The van der Waals surface area contributed by atoms with E-state index in [0.29, 0.717) is 16.7 Å². The molecule has 2 rings (SSSR count). The molecule has 0 aromatic heterocycles. The Balaban J connectivity index is 2.19. The second-order valence-electron chi connectivity index (χ2n) is 4.28. The molecule has 2 aromatic carbocycles. The quantitative estimate of drug-likeness (QED) is 0.654. The maximum Gasteiger partial charge on any atom is 0.416 e. The number of nitrogens with one attached hydrogen (secondary N) is 1. The van der Waals surface area contributed by atoms with Gasteiger partial charge in [-0.05, 0) is 35.9 Å². The highest BCUT2D eigenvalue weighted by molar-refractivity contribution is 9.10. The van der Waals surface area contributed by atoms with Gasteiger partial charge in [0.15, 0.2) is 0 Å². The Morgan fingerprint density at radius 3 is 2.43 bits per heavy atom. The molecule has 0 saturated carbocycles. The lowest BCUT2D eigenvalue weighted by atomic mass is 10.1. The molecule has 0 bridgehead atoms. The Labute approximate surface area is 132 Å². The van der Waals surface area contributed by atoms with Crippen molar-refractivity contribution >= 4 is 33.2 Å². The molecule has 0 spiro atoms. The highest BCUT2D eigenvalue weighted by atomic mass is 79.9. The van der Waals surface area contributed by atoms with Crippen LogP contribution in [-0.2, 0) is 12.7 Å². The number of halogens is 6. The van der Waals surface area contributed by atoms with Gasteiger partial charge in [-0.2, -0.15) is 13.2 Å². The fourth-order valence-corrected chi connectivity index (χ4v) is 2.43. The van der Waals surface area contributed by atoms with Crippen LogP contribution < -0.4 is 5.32 Å². The van der Waals surface area contributed by atoms with E-state index < -0.39 is 17.6 Å². The van der Waals surface area contributed by atoms with Crippen molar-refractivity contribution in [3.05, 3.63) is 62.8 Å². The molecule has 0 saturated heterocycles. The minimum atomic E-state index is -4.51. The van der Waals surface area contributed by atoms with E-state index in [9.17, 15) is 17.6 Å². The number of benzene rings is 2. The van der Waals surface area contributed by atoms with Crippen molar-refractivity contribution in [3.8, 4) is 0 Å². The number of hydrogen-bond acceptors (Lipinski definition) is 1. The van der Waals surface area contributed by atoms with Crippen LogP contribution >= 0.6 is 27.5 Å². The van der Waals surface area contributed by atoms with Crippen LogP contribution in [0.5, 0.6) is 0 Å². The SMILES string of the molecule is Fc1ccc(C(F)(F)F)cc1NCc1ccc(Br)cc1Cl. The summed E-state index contributed by atoms with van der Waals surface area (Å²) < 4.78 is 52.1. The predicted molar refractivity (Wildman–Crippen MR) is 77.9 cm³/mol. The predicted octanol–water partition coefficient (Wildman–Crippen LogP) is 5.87. The largest absolute Gasteiger partial charge is 0.416 e. The zero-order valence-corrected chi connectivity index (χ0v) is 12.8. The highest BCUT2D eigenvalue weighted by Gasteiger charge is 2.31. The molecule has 1 nitrogen and oxygen atoms in total. The van der Waals surface area contributed by atoms with E-state index >= 15 is 0 Å². The van der Waals surface area contributed by atoms with Gasteiger partial charge in [-0.1, -0.05) is 33.6 Å². The highest BCUT2D eigenvalue weighted by Crippen LogP contribution is 2.32. The summed E-state index contributed by atoms with van der Waals surface area (Å²) in [6, 6.07) is 7.32. The third-order valence-electron chi connectivity index (χ3n) is 2.78. The van der Waals surface area contributed by atoms with Crippen LogP contribution in [0, 0.1) is 5.82 Å². The van der Waals surface area contributed by atoms with E-state index in [0.717, 1.165) is 16.6 Å². The Morgan fingerprint density at radius 2 is 1.81 bits per heavy atom. The molecule has 1 N–H and O–H groups in total. The molecular weight excluding hydrogens is 374 g/mol. The Hall–Kier alpha value is -1.27. The van der Waals surface area contributed by atoms with E-state index in [1.165, 1.54) is 0 Å². The lowest BCUT2D eigenvalue weighted by Crippen LogP contribution is -2.08. The fourth-order valence-electron chi connectivity index (χ4n) is 1.69. The first kappa shape index (κ1) is 16.1. The summed E-state index contributed by atoms with van der Waals surface area (Å²) in [7, 11) is 0. The van der Waals surface area contributed by atoms with Gasteiger partial charge < -0.3 is 5.32 Å². The van der Waals surface area contributed by atoms with Crippen molar-refractivity contribution in [2.45, 2.75) is 12.7 Å². The lowest BCUT2D eigenvalue weighted by Gasteiger charge is -2.12. The molecule has 0 unspecified atom stereocenters. The van der Waals surface area contributed by atoms with Crippen molar-refractivity contribution in [2.24, 2.45) is 0 Å². The van der Waals surface area contributed by atoms with Gasteiger partial charge >= 0.3 is 6.18 Å². The molecular formula is C14H9BrClF4N. The van der Waals surface area contributed by atoms with Crippen LogP contribution in [0.2, 0.25) is 5.02 Å². The summed E-state index contributed by atoms with van der Waals surface area (Å²) in [5.74, 6) is -0.753. The van der Waals surface area contributed by atoms with Crippen LogP contribution in [0.25, 0.3) is 0 Å². The molecule has 0 fully saturated rings. The van der Waals surface area contributed by atoms with Gasteiger partial charge in [-0.3, -0.25) is 0 Å². The normalized spacial score (nSPS) is 11.5. The second-order valence-corrected chi connectivity index (χ2v) is 5.60. The molecule has 0 aliphatic carbocycles. The van der Waals surface area contributed by atoms with Crippen LogP contribution in [0.1, 0.15) is 11.1 Å². The lowest BCUT2D eigenvalue weighted by molar-refractivity contribution is -0.137. The first-order valence-corrected chi connectivity index (χ1v) is 6.99. The Kier molecular flexibility index (Phi) is 4.78. The monoisotopic (exact) mass is 381 g/mol. The molecule has 0 aliphatic rings. The number of rotatable bonds is 3. The first-order chi connectivity index (χ1) is 9.77. The molecule has 21 heavy (non-hydrogen) atoms. The second kappa shape index (κ2) is 6.23. The van der Waals surface area contributed by atoms with E-state index in [1.807, 2.05) is 0 Å². The van der Waals surface area contributed by atoms with Gasteiger partial charge in [0.25, 0.3) is 0 Å². The molecule has 2 aromatic rings. The first-order valence-electron chi connectivity index (χ1n) is 5.82. The molecule has 0 heterocycles. The molecule has 7 heteroatoms. The molecule has 0 aliphatic heterocycles. The van der Waals surface area contributed by atoms with Crippen molar-refractivity contribution < 1.29 is 17.6 Å². The topological polar surface area (TPSA) is 12.0 Å². The fraction of sp³-hybridized carbons (Fsp3) is 0.143. The van der Waals surface area contributed by atoms with Crippen molar-refractivity contribution in [2.75, 3.05) is 5.32 Å². The van der Waals surface area contributed by atoms with Gasteiger partial charge in [0.2, 0.25) is 0 Å². The van der Waals surface area contributed by atoms with E-state index in [2.05, 4.69) is 21.2 Å². The van der Waals surface area contributed by atoms with Crippen LogP contribution in [0.15, 0.2) is 40.9 Å². The van der Waals surface area contributed by atoms with E-state index in [4.69, 9.17) is 11.6 Å². The Bertz CT molecular complexity index is 658. The van der Waals surface area contributed by atoms with E-state index in [1.54, 1.807) is 18.2 Å². The smallest absolute Gasteiger partial charge is 0.379 e. The Morgan fingerprint density at radius 1 is 1.10 bits per heavy atom. The number of anilines is 1. The van der Waals surface area contributed by atoms with Crippen molar-refractivity contribution in [3.63, 3.8) is 0 Å². The summed E-state index contributed by atoms with van der Waals surface area (Å²) in [5, 5.41) is 3.06. The van der Waals surface area contributed by atoms with Gasteiger partial charge in [0, 0.05) is 16.0 Å². The minimum absolute atomic E-state index is 0.115. The molecule has 0 amide bonds. The summed E-state index contributed by atoms with van der Waals surface area (Å²) in [4.78, 5) is 0. The molecule has 0 atom stereocenters. The zero-order valence-electron chi connectivity index (χ0n) is 10.4. The summed E-state index contributed by atoms with van der Waals surface area (Å²) in [6.45, 7) is 0.115. The summed E-state index contributed by atoms with van der Waals surface area (Å²) >= 11 is 9.24.